The Morgan fingerprint density at radius 3 is 2.58 bits per heavy atom. The van der Waals surface area contributed by atoms with Crippen molar-refractivity contribution in [3.63, 3.8) is 0 Å². The molecule has 0 atom stereocenters. The molecule has 26 heavy (non-hydrogen) atoms. The highest BCUT2D eigenvalue weighted by atomic mass is 35.5. The van der Waals surface area contributed by atoms with Crippen molar-refractivity contribution >= 4 is 23.2 Å². The van der Waals surface area contributed by atoms with Crippen LogP contribution in [0.5, 0.6) is 0 Å². The standard InChI is InChI=1S/C20H21ClN4O/c1-13(2)15-8-7-9-16(12-15)24(4)20(26)19-14(3)25(23-22-19)18-11-6-5-10-17(18)21/h5-13H,1-4H3. The van der Waals surface area contributed by atoms with Crippen LogP contribution in [0.15, 0.2) is 48.5 Å². The minimum atomic E-state index is -0.207. The van der Waals surface area contributed by atoms with Crippen LogP contribution in [0.4, 0.5) is 5.69 Å². The molecule has 0 bridgehead atoms. The van der Waals surface area contributed by atoms with E-state index in [1.165, 1.54) is 5.56 Å². The van der Waals surface area contributed by atoms with Gasteiger partial charge in [0.1, 0.15) is 0 Å². The van der Waals surface area contributed by atoms with E-state index in [4.69, 9.17) is 11.6 Å². The first kappa shape index (κ1) is 18.1. The Hall–Kier alpha value is -2.66. The van der Waals surface area contributed by atoms with Crippen molar-refractivity contribution in [1.82, 2.24) is 15.0 Å². The van der Waals surface area contributed by atoms with Crippen molar-refractivity contribution in [3.8, 4) is 5.69 Å². The van der Waals surface area contributed by atoms with E-state index in [9.17, 15) is 4.79 Å². The lowest BCUT2D eigenvalue weighted by molar-refractivity contribution is 0.0987. The number of hydrogen-bond donors (Lipinski definition) is 0. The predicted molar refractivity (Wildman–Crippen MR) is 104 cm³/mol. The van der Waals surface area contributed by atoms with Gasteiger partial charge in [-0.25, -0.2) is 4.68 Å². The highest BCUT2D eigenvalue weighted by molar-refractivity contribution is 6.32. The normalized spacial score (nSPS) is 11.0. The van der Waals surface area contributed by atoms with E-state index in [-0.39, 0.29) is 5.91 Å². The molecule has 1 amide bonds. The quantitative estimate of drug-likeness (QED) is 0.674. The minimum absolute atomic E-state index is 0.207. The van der Waals surface area contributed by atoms with Gasteiger partial charge in [-0.15, -0.1) is 5.10 Å². The van der Waals surface area contributed by atoms with Gasteiger partial charge < -0.3 is 4.90 Å². The smallest absolute Gasteiger partial charge is 0.280 e. The van der Waals surface area contributed by atoms with Gasteiger partial charge in [0.25, 0.3) is 5.91 Å². The third kappa shape index (κ3) is 3.35. The first-order valence-electron chi connectivity index (χ1n) is 8.45. The maximum absolute atomic E-state index is 13.0. The van der Waals surface area contributed by atoms with E-state index in [1.54, 1.807) is 22.7 Å². The zero-order chi connectivity index (χ0) is 18.8. The number of carbonyl (C=O) groups excluding carboxylic acids is 1. The van der Waals surface area contributed by atoms with Crippen LogP contribution in [0.25, 0.3) is 5.69 Å². The highest BCUT2D eigenvalue weighted by Crippen LogP contribution is 2.24. The molecule has 0 N–H and O–H groups in total. The molecule has 0 fully saturated rings. The van der Waals surface area contributed by atoms with Crippen LogP contribution in [0.2, 0.25) is 5.02 Å². The van der Waals surface area contributed by atoms with Crippen molar-refractivity contribution in [2.45, 2.75) is 26.7 Å². The second-order valence-corrected chi connectivity index (χ2v) is 6.91. The maximum Gasteiger partial charge on any atom is 0.280 e. The first-order valence-corrected chi connectivity index (χ1v) is 8.83. The van der Waals surface area contributed by atoms with Crippen LogP contribution >= 0.6 is 11.6 Å². The molecule has 2 aromatic carbocycles. The van der Waals surface area contributed by atoms with E-state index < -0.39 is 0 Å². The third-order valence-corrected chi connectivity index (χ3v) is 4.73. The van der Waals surface area contributed by atoms with Crippen molar-refractivity contribution in [2.75, 3.05) is 11.9 Å². The zero-order valence-electron chi connectivity index (χ0n) is 15.3. The second kappa shape index (κ2) is 7.30. The molecule has 3 aromatic rings. The van der Waals surface area contributed by atoms with Gasteiger partial charge in [0.05, 0.1) is 16.4 Å². The molecule has 0 spiro atoms. The molecule has 134 valence electrons. The Kier molecular flexibility index (Phi) is 5.09. The van der Waals surface area contributed by atoms with E-state index in [2.05, 4.69) is 30.2 Å². The Morgan fingerprint density at radius 1 is 1.15 bits per heavy atom. The van der Waals surface area contributed by atoms with Gasteiger partial charge in [0, 0.05) is 12.7 Å². The third-order valence-electron chi connectivity index (χ3n) is 4.41. The van der Waals surface area contributed by atoms with Crippen LogP contribution < -0.4 is 4.90 Å². The van der Waals surface area contributed by atoms with Crippen molar-refractivity contribution < 1.29 is 4.79 Å². The number of nitrogens with zero attached hydrogens (tertiary/aromatic N) is 4. The number of amides is 1. The SMILES string of the molecule is Cc1c(C(=O)N(C)c2cccc(C(C)C)c2)nnn1-c1ccccc1Cl. The van der Waals surface area contributed by atoms with E-state index in [0.717, 1.165) is 5.69 Å². The van der Waals surface area contributed by atoms with Crippen LogP contribution in [0.3, 0.4) is 0 Å². The maximum atomic E-state index is 13.0. The number of anilines is 1. The number of hydrogen-bond acceptors (Lipinski definition) is 3. The van der Waals surface area contributed by atoms with Gasteiger partial charge in [-0.2, -0.15) is 0 Å². The van der Waals surface area contributed by atoms with Gasteiger partial charge in [-0.3, -0.25) is 4.79 Å². The number of para-hydroxylation sites is 1. The molecule has 0 saturated heterocycles. The number of rotatable bonds is 4. The Labute approximate surface area is 158 Å². The fraction of sp³-hybridized carbons (Fsp3) is 0.250. The Morgan fingerprint density at radius 2 is 1.88 bits per heavy atom. The summed E-state index contributed by atoms with van der Waals surface area (Å²) in [5.41, 5.74) is 3.66. The summed E-state index contributed by atoms with van der Waals surface area (Å²) >= 11 is 6.24. The molecule has 0 unspecified atom stereocenters. The first-order chi connectivity index (χ1) is 12.4. The van der Waals surface area contributed by atoms with Crippen molar-refractivity contribution in [3.05, 3.63) is 70.5 Å². The second-order valence-electron chi connectivity index (χ2n) is 6.50. The van der Waals surface area contributed by atoms with E-state index in [0.29, 0.717) is 28.0 Å². The largest absolute Gasteiger partial charge is 0.310 e. The summed E-state index contributed by atoms with van der Waals surface area (Å²) in [4.78, 5) is 14.6. The lowest BCUT2D eigenvalue weighted by Crippen LogP contribution is -2.27. The average Bonchev–Trinajstić information content (AvgIpc) is 3.02. The zero-order valence-corrected chi connectivity index (χ0v) is 16.0. The fourth-order valence-corrected chi connectivity index (χ4v) is 2.96. The predicted octanol–water partition coefficient (Wildman–Crippen LogP) is 4.63. The number of halogens is 1. The lowest BCUT2D eigenvalue weighted by Gasteiger charge is -2.18. The van der Waals surface area contributed by atoms with Crippen LogP contribution in [0, 0.1) is 6.92 Å². The van der Waals surface area contributed by atoms with Gasteiger partial charge in [0.2, 0.25) is 0 Å². The van der Waals surface area contributed by atoms with Gasteiger partial charge in [-0.1, -0.05) is 54.9 Å². The molecular weight excluding hydrogens is 348 g/mol. The van der Waals surface area contributed by atoms with E-state index >= 15 is 0 Å². The number of benzene rings is 2. The molecule has 1 aromatic heterocycles. The number of carbonyl (C=O) groups is 1. The monoisotopic (exact) mass is 368 g/mol. The lowest BCUT2D eigenvalue weighted by atomic mass is 10.0. The fourth-order valence-electron chi connectivity index (χ4n) is 2.75. The summed E-state index contributed by atoms with van der Waals surface area (Å²) in [6, 6.07) is 15.3. The van der Waals surface area contributed by atoms with Crippen LogP contribution in [-0.2, 0) is 0 Å². The summed E-state index contributed by atoms with van der Waals surface area (Å²) < 4.78 is 1.59. The number of aromatic nitrogens is 3. The Bertz CT molecular complexity index is 948. The summed E-state index contributed by atoms with van der Waals surface area (Å²) in [7, 11) is 1.75. The van der Waals surface area contributed by atoms with E-state index in [1.807, 2.05) is 43.3 Å². The minimum Gasteiger partial charge on any atom is -0.310 e. The molecule has 0 aliphatic heterocycles. The van der Waals surface area contributed by atoms with Crippen LogP contribution in [0.1, 0.15) is 41.5 Å². The van der Waals surface area contributed by atoms with Gasteiger partial charge in [0.15, 0.2) is 5.69 Å². The molecule has 0 aliphatic rings. The molecule has 5 nitrogen and oxygen atoms in total. The average molecular weight is 369 g/mol. The van der Waals surface area contributed by atoms with Gasteiger partial charge >= 0.3 is 0 Å². The molecule has 6 heteroatoms. The Balaban J connectivity index is 1.94. The summed E-state index contributed by atoms with van der Waals surface area (Å²) in [6.45, 7) is 6.06. The molecule has 1 heterocycles. The summed E-state index contributed by atoms with van der Waals surface area (Å²) in [5, 5.41) is 8.78. The molecule has 3 rings (SSSR count). The molecular formula is C20H21ClN4O. The highest BCUT2D eigenvalue weighted by Gasteiger charge is 2.22. The van der Waals surface area contributed by atoms with Crippen molar-refractivity contribution in [1.29, 1.82) is 0 Å². The summed E-state index contributed by atoms with van der Waals surface area (Å²) in [5.74, 6) is 0.183. The van der Waals surface area contributed by atoms with Crippen LogP contribution in [-0.4, -0.2) is 27.9 Å². The van der Waals surface area contributed by atoms with Crippen molar-refractivity contribution in [2.24, 2.45) is 0 Å². The molecule has 0 aliphatic carbocycles. The van der Waals surface area contributed by atoms with Gasteiger partial charge in [-0.05, 0) is 42.7 Å². The molecule has 0 radical (unpaired) electrons. The summed E-state index contributed by atoms with van der Waals surface area (Å²) in [6.07, 6.45) is 0. The molecule has 0 saturated carbocycles. The topological polar surface area (TPSA) is 51.0 Å².